The number of rotatable bonds is 4. The second-order valence-electron chi connectivity index (χ2n) is 7.31. The lowest BCUT2D eigenvalue weighted by Crippen LogP contribution is -2.22. The van der Waals surface area contributed by atoms with Crippen LogP contribution in [0.3, 0.4) is 0 Å². The Balaban J connectivity index is 1.42. The number of carbonyl (C=O) groups is 2. The number of aryl methyl sites for hydroxylation is 1. The second-order valence-corrected chi connectivity index (χ2v) is 7.31. The molecule has 2 aromatic heterocycles. The van der Waals surface area contributed by atoms with Gasteiger partial charge < -0.3 is 9.88 Å². The van der Waals surface area contributed by atoms with Gasteiger partial charge in [-0.25, -0.2) is 0 Å². The number of nitrogens with zero attached hydrogens (tertiary/aromatic N) is 2. The molecule has 144 valence electrons. The molecule has 0 saturated carbocycles. The summed E-state index contributed by atoms with van der Waals surface area (Å²) in [5.41, 5.74) is 4.84. The molecule has 29 heavy (non-hydrogen) atoms. The lowest BCUT2D eigenvalue weighted by atomic mass is 10.0. The Morgan fingerprint density at radius 1 is 1.07 bits per heavy atom. The third kappa shape index (κ3) is 3.23. The Labute approximate surface area is 167 Å². The summed E-state index contributed by atoms with van der Waals surface area (Å²) in [5.74, 6) is -0.0405. The highest BCUT2D eigenvalue weighted by Crippen LogP contribution is 2.24. The number of Topliss-reactive ketones (excluding diaryl/α,β-unsaturated/α-hetero) is 1. The average molecular weight is 384 g/mol. The van der Waals surface area contributed by atoms with Crippen LogP contribution < -0.4 is 5.32 Å². The van der Waals surface area contributed by atoms with E-state index in [1.54, 1.807) is 0 Å². The van der Waals surface area contributed by atoms with Gasteiger partial charge in [-0.2, -0.15) is 5.10 Å². The van der Waals surface area contributed by atoms with E-state index < -0.39 is 0 Å². The molecule has 6 heteroatoms. The molecule has 4 aromatic rings. The molecule has 0 radical (unpaired) electrons. The molecule has 2 N–H and O–H groups in total. The van der Waals surface area contributed by atoms with Gasteiger partial charge in [0.15, 0.2) is 5.78 Å². The van der Waals surface area contributed by atoms with Gasteiger partial charge in [-0.3, -0.25) is 14.7 Å². The van der Waals surface area contributed by atoms with E-state index in [9.17, 15) is 9.59 Å². The molecular weight excluding hydrogens is 364 g/mol. The summed E-state index contributed by atoms with van der Waals surface area (Å²) in [7, 11) is 0. The van der Waals surface area contributed by atoms with Gasteiger partial charge in [0.05, 0.1) is 12.1 Å². The van der Waals surface area contributed by atoms with Gasteiger partial charge in [-0.05, 0) is 24.6 Å². The van der Waals surface area contributed by atoms with Gasteiger partial charge in [0.25, 0.3) is 5.91 Å². The highest BCUT2D eigenvalue weighted by Gasteiger charge is 2.19. The molecule has 0 spiro atoms. The summed E-state index contributed by atoms with van der Waals surface area (Å²) >= 11 is 0. The van der Waals surface area contributed by atoms with Crippen LogP contribution in [0.1, 0.15) is 33.0 Å². The Morgan fingerprint density at radius 3 is 2.79 bits per heavy atom. The lowest BCUT2D eigenvalue weighted by molar-refractivity contribution is 0.0950. The maximum atomic E-state index is 12.9. The summed E-state index contributed by atoms with van der Waals surface area (Å²) in [6.45, 7) is 1.43. The maximum Gasteiger partial charge on any atom is 0.267 e. The van der Waals surface area contributed by atoms with E-state index in [4.69, 9.17) is 0 Å². The van der Waals surface area contributed by atoms with Crippen LogP contribution in [-0.2, 0) is 13.0 Å². The van der Waals surface area contributed by atoms with E-state index in [1.165, 1.54) is 0 Å². The zero-order chi connectivity index (χ0) is 19.8. The van der Waals surface area contributed by atoms with Crippen LogP contribution in [0.2, 0.25) is 0 Å². The normalized spacial score (nSPS) is 13.7. The summed E-state index contributed by atoms with van der Waals surface area (Å²) in [5, 5.41) is 11.2. The van der Waals surface area contributed by atoms with Crippen molar-refractivity contribution in [2.75, 3.05) is 6.54 Å². The molecule has 1 aliphatic rings. The summed E-state index contributed by atoms with van der Waals surface area (Å²) in [6, 6.07) is 19.3. The Morgan fingerprint density at radius 2 is 1.93 bits per heavy atom. The van der Waals surface area contributed by atoms with Crippen molar-refractivity contribution < 1.29 is 9.59 Å². The quantitative estimate of drug-likeness (QED) is 0.528. The zero-order valence-corrected chi connectivity index (χ0v) is 15.8. The van der Waals surface area contributed by atoms with Crippen molar-refractivity contribution >= 4 is 22.6 Å². The van der Waals surface area contributed by atoms with Crippen LogP contribution >= 0.6 is 0 Å². The number of fused-ring (bicyclic) bond motifs is 3. The first-order valence-corrected chi connectivity index (χ1v) is 9.73. The number of ketones is 1. The Bertz CT molecular complexity index is 1220. The van der Waals surface area contributed by atoms with Crippen molar-refractivity contribution in [2.24, 2.45) is 0 Å². The fourth-order valence-corrected chi connectivity index (χ4v) is 3.87. The molecule has 3 heterocycles. The van der Waals surface area contributed by atoms with Crippen molar-refractivity contribution in [2.45, 2.75) is 19.4 Å². The lowest BCUT2D eigenvalue weighted by Gasteiger charge is -2.06. The van der Waals surface area contributed by atoms with Gasteiger partial charge in [0.1, 0.15) is 5.69 Å². The second kappa shape index (κ2) is 7.05. The minimum atomic E-state index is -0.0579. The largest absolute Gasteiger partial charge is 0.351 e. The number of amides is 1. The third-order valence-electron chi connectivity index (χ3n) is 5.35. The number of benzene rings is 2. The van der Waals surface area contributed by atoms with Crippen LogP contribution in [0.4, 0.5) is 0 Å². The number of nitrogens with one attached hydrogen (secondary N) is 2. The predicted molar refractivity (Wildman–Crippen MR) is 111 cm³/mol. The minimum absolute atomic E-state index is 0.0174. The molecule has 0 aliphatic carbocycles. The van der Waals surface area contributed by atoms with Crippen LogP contribution in [0, 0.1) is 0 Å². The number of hydrogen-bond donors (Lipinski definition) is 2. The number of carbonyl (C=O) groups excluding carboxylic acids is 2. The molecule has 2 aromatic carbocycles. The van der Waals surface area contributed by atoms with Crippen molar-refractivity contribution in [1.29, 1.82) is 0 Å². The Hall–Kier alpha value is -3.67. The molecule has 6 nitrogen and oxygen atoms in total. The van der Waals surface area contributed by atoms with Crippen molar-refractivity contribution in [3.05, 3.63) is 77.6 Å². The first kappa shape index (κ1) is 17.4. The van der Waals surface area contributed by atoms with Crippen molar-refractivity contribution in [3.63, 3.8) is 0 Å². The van der Waals surface area contributed by atoms with Crippen LogP contribution in [0.5, 0.6) is 0 Å². The molecule has 0 fully saturated rings. The minimum Gasteiger partial charge on any atom is -0.351 e. The SMILES string of the molecule is O=C(Cc1cc(-c2ccccc2)n[nH]1)c1ccc2cc3n(c2c1)CCCNC3=O. The molecule has 0 atom stereocenters. The molecule has 1 aliphatic heterocycles. The topological polar surface area (TPSA) is 79.8 Å². The monoisotopic (exact) mass is 384 g/mol. The van der Waals surface area contributed by atoms with Gasteiger partial charge in [-0.1, -0.05) is 42.5 Å². The zero-order valence-electron chi connectivity index (χ0n) is 15.8. The van der Waals surface area contributed by atoms with Crippen LogP contribution in [-0.4, -0.2) is 33.0 Å². The van der Waals surface area contributed by atoms with Crippen LogP contribution in [0.25, 0.3) is 22.2 Å². The van der Waals surface area contributed by atoms with Crippen molar-refractivity contribution in [3.8, 4) is 11.3 Å². The number of aromatic amines is 1. The van der Waals surface area contributed by atoms with Crippen molar-refractivity contribution in [1.82, 2.24) is 20.1 Å². The van der Waals surface area contributed by atoms with E-state index in [0.717, 1.165) is 40.8 Å². The fraction of sp³-hybridized carbons (Fsp3) is 0.174. The first-order valence-electron chi connectivity index (χ1n) is 9.73. The summed E-state index contributed by atoms with van der Waals surface area (Å²) < 4.78 is 2.01. The average Bonchev–Trinajstić information content (AvgIpc) is 3.31. The standard InChI is InChI=1S/C23H20N4O2/c28-22(14-18-13-19(26-25-18)15-5-2-1-3-6-15)17-8-7-16-11-21-23(29)24-9-4-10-27(21)20(16)12-17/h1-3,5-8,11-13H,4,9-10,14H2,(H,24,29)(H,25,26). The van der Waals surface area contributed by atoms with E-state index in [-0.39, 0.29) is 18.1 Å². The molecule has 0 unspecified atom stereocenters. The molecule has 0 bridgehead atoms. The fourth-order valence-electron chi connectivity index (χ4n) is 3.87. The van der Waals surface area contributed by atoms with Crippen LogP contribution in [0.15, 0.2) is 60.7 Å². The first-order chi connectivity index (χ1) is 14.2. The van der Waals surface area contributed by atoms with Gasteiger partial charge in [-0.15, -0.1) is 0 Å². The summed E-state index contributed by atoms with van der Waals surface area (Å²) in [6.07, 6.45) is 1.12. The summed E-state index contributed by atoms with van der Waals surface area (Å²) in [4.78, 5) is 25.1. The van der Waals surface area contributed by atoms with E-state index >= 15 is 0 Å². The van der Waals surface area contributed by atoms with Gasteiger partial charge >= 0.3 is 0 Å². The molecule has 1 amide bonds. The highest BCUT2D eigenvalue weighted by atomic mass is 16.2. The van der Waals surface area contributed by atoms with E-state index in [0.29, 0.717) is 17.8 Å². The third-order valence-corrected chi connectivity index (χ3v) is 5.35. The highest BCUT2D eigenvalue weighted by molar-refractivity contribution is 6.03. The molecular formula is C23H20N4O2. The van der Waals surface area contributed by atoms with E-state index in [2.05, 4.69) is 15.5 Å². The molecule has 0 saturated heterocycles. The molecule has 5 rings (SSSR count). The van der Waals surface area contributed by atoms with Gasteiger partial charge in [0, 0.05) is 40.8 Å². The Kier molecular flexibility index (Phi) is 4.24. The smallest absolute Gasteiger partial charge is 0.267 e. The number of aromatic nitrogens is 3. The van der Waals surface area contributed by atoms with Gasteiger partial charge in [0.2, 0.25) is 0 Å². The van der Waals surface area contributed by atoms with E-state index in [1.807, 2.05) is 65.2 Å². The predicted octanol–water partition coefficient (Wildman–Crippen LogP) is 3.59. The maximum absolute atomic E-state index is 12.9. The number of hydrogen-bond acceptors (Lipinski definition) is 3. The number of H-pyrrole nitrogens is 1.